The summed E-state index contributed by atoms with van der Waals surface area (Å²) in [7, 11) is -3.48. The number of aromatic nitrogens is 3. The Bertz CT molecular complexity index is 1040. The van der Waals surface area contributed by atoms with E-state index in [-0.39, 0.29) is 10.8 Å². The van der Waals surface area contributed by atoms with Crippen molar-refractivity contribution in [3.8, 4) is 0 Å². The second kappa shape index (κ2) is 6.05. The van der Waals surface area contributed by atoms with E-state index in [2.05, 4.69) is 10.3 Å². The fourth-order valence-corrected chi connectivity index (χ4v) is 4.51. The molecule has 0 atom stereocenters. The number of fused-ring (bicyclic) bond motifs is 1. The van der Waals surface area contributed by atoms with Gasteiger partial charge < -0.3 is 0 Å². The molecule has 1 aliphatic heterocycles. The van der Waals surface area contributed by atoms with E-state index < -0.39 is 10.0 Å². The standard InChI is InChI=1S/C17H16N4O3S/c22-17(21-16-6-2-1-5-15(16)18-19-21)13-7-9-14(10-8-13)25(23,24)20-11-3-4-12-20/h1-2,5-10H,3-4,11-12H2. The topological polar surface area (TPSA) is 85.2 Å². The van der Waals surface area contributed by atoms with E-state index in [1.165, 1.54) is 33.3 Å². The third-order valence-electron chi connectivity index (χ3n) is 4.35. The summed E-state index contributed by atoms with van der Waals surface area (Å²) in [4.78, 5) is 12.8. The number of nitrogens with zero attached hydrogens (tertiary/aromatic N) is 4. The van der Waals surface area contributed by atoms with Gasteiger partial charge in [-0.15, -0.1) is 5.10 Å². The minimum absolute atomic E-state index is 0.203. The van der Waals surface area contributed by atoms with Crippen LogP contribution in [-0.4, -0.2) is 46.7 Å². The molecule has 0 radical (unpaired) electrons. The zero-order chi connectivity index (χ0) is 17.4. The van der Waals surface area contributed by atoms with Gasteiger partial charge in [-0.3, -0.25) is 4.79 Å². The van der Waals surface area contributed by atoms with Crippen molar-refractivity contribution in [1.82, 2.24) is 19.3 Å². The number of sulfonamides is 1. The molecule has 1 aliphatic rings. The van der Waals surface area contributed by atoms with Gasteiger partial charge in [-0.25, -0.2) is 8.42 Å². The van der Waals surface area contributed by atoms with Gasteiger partial charge in [0.25, 0.3) is 5.91 Å². The maximum atomic E-state index is 12.6. The Labute approximate surface area is 144 Å². The molecular formula is C17H16N4O3S. The summed E-state index contributed by atoms with van der Waals surface area (Å²) in [5.41, 5.74) is 1.60. The second-order valence-electron chi connectivity index (χ2n) is 5.93. The highest BCUT2D eigenvalue weighted by Crippen LogP contribution is 2.21. The van der Waals surface area contributed by atoms with Crippen LogP contribution in [0.25, 0.3) is 11.0 Å². The van der Waals surface area contributed by atoms with Crippen LogP contribution in [0.15, 0.2) is 53.4 Å². The summed E-state index contributed by atoms with van der Waals surface area (Å²) in [6.07, 6.45) is 1.77. The van der Waals surface area contributed by atoms with Gasteiger partial charge >= 0.3 is 0 Å². The summed E-state index contributed by atoms with van der Waals surface area (Å²) >= 11 is 0. The average molecular weight is 356 g/mol. The molecule has 1 aromatic heterocycles. The van der Waals surface area contributed by atoms with Crippen molar-refractivity contribution in [3.63, 3.8) is 0 Å². The Morgan fingerprint density at radius 3 is 2.36 bits per heavy atom. The highest BCUT2D eigenvalue weighted by molar-refractivity contribution is 7.89. The van der Waals surface area contributed by atoms with Gasteiger partial charge in [0.1, 0.15) is 5.52 Å². The number of rotatable bonds is 3. The van der Waals surface area contributed by atoms with Gasteiger partial charge in [-0.2, -0.15) is 8.99 Å². The smallest absolute Gasteiger partial charge is 0.267 e. The van der Waals surface area contributed by atoms with E-state index >= 15 is 0 Å². The maximum Gasteiger partial charge on any atom is 0.280 e. The molecule has 0 bridgehead atoms. The molecular weight excluding hydrogens is 340 g/mol. The van der Waals surface area contributed by atoms with Crippen LogP contribution in [0.4, 0.5) is 0 Å². The fourth-order valence-electron chi connectivity index (χ4n) is 2.99. The van der Waals surface area contributed by atoms with Crippen LogP contribution >= 0.6 is 0 Å². The van der Waals surface area contributed by atoms with Crippen molar-refractivity contribution in [2.75, 3.05) is 13.1 Å². The van der Waals surface area contributed by atoms with Gasteiger partial charge in [0.2, 0.25) is 10.0 Å². The Balaban J connectivity index is 1.65. The molecule has 1 saturated heterocycles. The molecule has 3 aromatic rings. The lowest BCUT2D eigenvalue weighted by Gasteiger charge is -2.15. The monoisotopic (exact) mass is 356 g/mol. The van der Waals surface area contributed by atoms with Gasteiger partial charge in [0.15, 0.2) is 0 Å². The first-order valence-corrected chi connectivity index (χ1v) is 9.47. The Morgan fingerprint density at radius 1 is 0.960 bits per heavy atom. The zero-order valence-corrected chi connectivity index (χ0v) is 14.2. The summed E-state index contributed by atoms with van der Waals surface area (Å²) in [5.74, 6) is -0.348. The molecule has 8 heteroatoms. The molecule has 0 unspecified atom stereocenters. The maximum absolute atomic E-state index is 12.6. The highest BCUT2D eigenvalue weighted by atomic mass is 32.2. The molecule has 25 heavy (non-hydrogen) atoms. The summed E-state index contributed by atoms with van der Waals surface area (Å²) < 4.78 is 27.8. The highest BCUT2D eigenvalue weighted by Gasteiger charge is 2.27. The van der Waals surface area contributed by atoms with Crippen molar-refractivity contribution in [2.45, 2.75) is 17.7 Å². The molecule has 7 nitrogen and oxygen atoms in total. The van der Waals surface area contributed by atoms with Gasteiger partial charge in [-0.05, 0) is 49.2 Å². The fraction of sp³-hybridized carbons (Fsp3) is 0.235. The minimum atomic E-state index is -3.48. The Morgan fingerprint density at radius 2 is 1.64 bits per heavy atom. The molecule has 0 aliphatic carbocycles. The molecule has 1 fully saturated rings. The largest absolute Gasteiger partial charge is 0.280 e. The van der Waals surface area contributed by atoms with Crippen LogP contribution in [-0.2, 0) is 10.0 Å². The van der Waals surface area contributed by atoms with Gasteiger partial charge in [-0.1, -0.05) is 17.3 Å². The average Bonchev–Trinajstić information content (AvgIpc) is 3.31. The van der Waals surface area contributed by atoms with Crippen molar-refractivity contribution >= 4 is 27.0 Å². The lowest BCUT2D eigenvalue weighted by molar-refractivity contribution is 0.0948. The molecule has 0 N–H and O–H groups in total. The summed E-state index contributed by atoms with van der Waals surface area (Å²) in [6.45, 7) is 1.10. The SMILES string of the molecule is O=C(c1ccc(S(=O)(=O)N2CCCC2)cc1)n1nnc2ccccc21. The normalized spacial score (nSPS) is 15.7. The van der Waals surface area contributed by atoms with E-state index in [0.29, 0.717) is 29.7 Å². The van der Waals surface area contributed by atoms with Crippen molar-refractivity contribution < 1.29 is 13.2 Å². The predicted octanol–water partition coefficient (Wildman–Crippen LogP) is 1.90. The van der Waals surface area contributed by atoms with E-state index in [1.54, 1.807) is 18.2 Å². The van der Waals surface area contributed by atoms with Crippen LogP contribution in [0.3, 0.4) is 0 Å². The molecule has 2 heterocycles. The number of hydrogen-bond acceptors (Lipinski definition) is 5. The van der Waals surface area contributed by atoms with Crippen LogP contribution in [0.5, 0.6) is 0 Å². The Kier molecular flexibility index (Phi) is 3.85. The zero-order valence-electron chi connectivity index (χ0n) is 13.4. The first-order valence-electron chi connectivity index (χ1n) is 8.03. The number of para-hydroxylation sites is 1. The summed E-state index contributed by atoms with van der Waals surface area (Å²) in [5, 5.41) is 7.86. The Hall–Kier alpha value is -2.58. The first-order chi connectivity index (χ1) is 12.1. The molecule has 0 saturated carbocycles. The van der Waals surface area contributed by atoms with Crippen molar-refractivity contribution in [3.05, 3.63) is 54.1 Å². The molecule has 0 spiro atoms. The third kappa shape index (κ3) is 2.73. The summed E-state index contributed by atoms with van der Waals surface area (Å²) in [6, 6.07) is 13.1. The van der Waals surface area contributed by atoms with Gasteiger partial charge in [0, 0.05) is 18.7 Å². The number of hydrogen-bond donors (Lipinski definition) is 0. The predicted molar refractivity (Wildman–Crippen MR) is 91.7 cm³/mol. The molecule has 2 aromatic carbocycles. The van der Waals surface area contributed by atoms with Crippen LogP contribution in [0.2, 0.25) is 0 Å². The van der Waals surface area contributed by atoms with Crippen LogP contribution in [0, 0.1) is 0 Å². The molecule has 4 rings (SSSR count). The minimum Gasteiger partial charge on any atom is -0.267 e. The van der Waals surface area contributed by atoms with E-state index in [9.17, 15) is 13.2 Å². The van der Waals surface area contributed by atoms with E-state index in [0.717, 1.165) is 12.8 Å². The lowest BCUT2D eigenvalue weighted by Crippen LogP contribution is -2.27. The number of benzene rings is 2. The van der Waals surface area contributed by atoms with Crippen molar-refractivity contribution in [1.29, 1.82) is 0 Å². The van der Waals surface area contributed by atoms with Crippen LogP contribution in [0.1, 0.15) is 23.2 Å². The lowest BCUT2D eigenvalue weighted by atomic mass is 10.2. The third-order valence-corrected chi connectivity index (χ3v) is 6.26. The molecule has 0 amide bonds. The molecule has 128 valence electrons. The quantitative estimate of drug-likeness (QED) is 0.715. The number of carbonyl (C=O) groups is 1. The van der Waals surface area contributed by atoms with Crippen molar-refractivity contribution in [2.24, 2.45) is 0 Å². The van der Waals surface area contributed by atoms with E-state index in [4.69, 9.17) is 0 Å². The van der Waals surface area contributed by atoms with E-state index in [1.807, 2.05) is 6.07 Å². The number of carbonyl (C=O) groups excluding carboxylic acids is 1. The second-order valence-corrected chi connectivity index (χ2v) is 7.87. The van der Waals surface area contributed by atoms with Gasteiger partial charge in [0.05, 0.1) is 10.4 Å². The van der Waals surface area contributed by atoms with Crippen LogP contribution < -0.4 is 0 Å². The first kappa shape index (κ1) is 15.9.